The van der Waals surface area contributed by atoms with E-state index in [1.807, 2.05) is 24.3 Å². The number of furan rings is 1. The van der Waals surface area contributed by atoms with Crippen molar-refractivity contribution in [2.45, 2.75) is 19.3 Å². The van der Waals surface area contributed by atoms with Gasteiger partial charge in [0.05, 0.1) is 0 Å². The largest absolute Gasteiger partial charge is 0.455 e. The highest BCUT2D eigenvalue weighted by molar-refractivity contribution is 6.23. The van der Waals surface area contributed by atoms with Crippen LogP contribution in [0.2, 0.25) is 0 Å². The molecule has 4 nitrogen and oxygen atoms in total. The summed E-state index contributed by atoms with van der Waals surface area (Å²) < 4.78 is 6.59. The van der Waals surface area contributed by atoms with Gasteiger partial charge in [0.2, 0.25) is 0 Å². The zero-order valence-electron chi connectivity index (χ0n) is 26.5. The molecule has 10 rings (SSSR count). The number of fused-ring (bicyclic) bond motifs is 11. The van der Waals surface area contributed by atoms with Gasteiger partial charge < -0.3 is 4.42 Å². The minimum atomic E-state index is -0.247. The number of aromatic nitrogens is 3. The van der Waals surface area contributed by atoms with Crippen molar-refractivity contribution < 1.29 is 4.42 Å². The highest BCUT2D eigenvalue weighted by Crippen LogP contribution is 2.56. The maximum Gasteiger partial charge on any atom is 0.164 e. The number of nitrogens with zero attached hydrogens (tertiary/aromatic N) is 3. The van der Waals surface area contributed by atoms with Crippen LogP contribution in [0.1, 0.15) is 25.0 Å². The maximum atomic E-state index is 6.59. The first-order valence-electron chi connectivity index (χ1n) is 16.4. The van der Waals surface area contributed by atoms with E-state index in [1.54, 1.807) is 0 Å². The van der Waals surface area contributed by atoms with Crippen LogP contribution in [0.25, 0.3) is 88.8 Å². The van der Waals surface area contributed by atoms with E-state index in [1.165, 1.54) is 38.4 Å². The molecule has 9 aromatic rings. The Balaban J connectivity index is 1.24. The van der Waals surface area contributed by atoms with Crippen molar-refractivity contribution in [3.05, 3.63) is 151 Å². The van der Waals surface area contributed by atoms with E-state index in [0.29, 0.717) is 17.5 Å². The summed E-state index contributed by atoms with van der Waals surface area (Å²) in [4.78, 5) is 15.2. The molecule has 0 radical (unpaired) electrons. The van der Waals surface area contributed by atoms with Crippen molar-refractivity contribution >= 4 is 43.5 Å². The zero-order chi connectivity index (χ0) is 32.0. The molecule has 0 unspecified atom stereocenters. The van der Waals surface area contributed by atoms with Crippen LogP contribution in [-0.2, 0) is 5.41 Å². The Kier molecular flexibility index (Phi) is 5.59. The SMILES string of the molecule is CC1(C)c2ccc(-c3nc(-c4ccccc4)nc(-c4ccc5ccccc5c4)n3)cc2-c2c1c1c3ccccc3oc1c1ccccc21. The molecule has 2 aromatic heterocycles. The van der Waals surface area contributed by atoms with Gasteiger partial charge in [-0.05, 0) is 56.6 Å². The molecule has 0 fully saturated rings. The monoisotopic (exact) mass is 615 g/mol. The van der Waals surface area contributed by atoms with Crippen molar-refractivity contribution in [3.8, 4) is 45.3 Å². The van der Waals surface area contributed by atoms with Gasteiger partial charge in [0.25, 0.3) is 0 Å². The molecule has 0 atom stereocenters. The van der Waals surface area contributed by atoms with E-state index in [2.05, 4.69) is 129 Å². The minimum absolute atomic E-state index is 0.247. The van der Waals surface area contributed by atoms with Crippen LogP contribution in [0, 0.1) is 0 Å². The molecule has 7 aromatic carbocycles. The molecule has 48 heavy (non-hydrogen) atoms. The Bertz CT molecular complexity index is 2760. The van der Waals surface area contributed by atoms with Crippen molar-refractivity contribution in [3.63, 3.8) is 0 Å². The van der Waals surface area contributed by atoms with E-state index in [4.69, 9.17) is 19.4 Å². The van der Waals surface area contributed by atoms with E-state index in [-0.39, 0.29) is 5.41 Å². The zero-order valence-corrected chi connectivity index (χ0v) is 26.5. The van der Waals surface area contributed by atoms with Gasteiger partial charge in [-0.15, -0.1) is 0 Å². The Hall–Kier alpha value is -6.13. The first-order valence-corrected chi connectivity index (χ1v) is 16.4. The molecule has 0 saturated carbocycles. The first-order chi connectivity index (χ1) is 23.5. The smallest absolute Gasteiger partial charge is 0.164 e. The van der Waals surface area contributed by atoms with Crippen molar-refractivity contribution in [1.29, 1.82) is 0 Å². The molecular weight excluding hydrogens is 587 g/mol. The second kappa shape index (κ2) is 9.93. The summed E-state index contributed by atoms with van der Waals surface area (Å²) in [7, 11) is 0. The fourth-order valence-corrected chi connectivity index (χ4v) is 7.80. The third-order valence-electron chi connectivity index (χ3n) is 10.1. The maximum absolute atomic E-state index is 6.59. The second-order valence-corrected chi connectivity index (χ2v) is 13.2. The average molecular weight is 616 g/mol. The molecule has 0 amide bonds. The lowest BCUT2D eigenvalue weighted by atomic mass is 9.79. The van der Waals surface area contributed by atoms with Crippen molar-refractivity contribution in [1.82, 2.24) is 15.0 Å². The van der Waals surface area contributed by atoms with Crippen molar-refractivity contribution in [2.24, 2.45) is 0 Å². The lowest BCUT2D eigenvalue weighted by molar-refractivity contribution is 0.659. The van der Waals surface area contributed by atoms with Gasteiger partial charge in [-0.1, -0.05) is 135 Å². The fraction of sp³-hybridized carbons (Fsp3) is 0.0682. The molecule has 4 heteroatoms. The molecule has 1 aliphatic rings. The molecular formula is C44H29N3O. The van der Waals surface area contributed by atoms with Crippen LogP contribution in [0.15, 0.2) is 144 Å². The van der Waals surface area contributed by atoms with Crippen LogP contribution >= 0.6 is 0 Å². The quantitative estimate of drug-likeness (QED) is 0.198. The number of para-hydroxylation sites is 1. The predicted octanol–water partition coefficient (Wildman–Crippen LogP) is 11.4. The van der Waals surface area contributed by atoms with E-state index in [9.17, 15) is 0 Å². The Labute approximate surface area is 277 Å². The standard InChI is InChI=1S/C44H29N3O/c1-44(2)35-23-22-30(25-34(35)37-31-16-8-9-17-32(31)40-38(39(37)44)33-18-10-11-19-36(33)48-40)43-46-41(27-13-4-3-5-14-27)45-42(47-43)29-21-20-26-12-6-7-15-28(26)24-29/h3-25H,1-2H3. The van der Waals surface area contributed by atoms with Crippen molar-refractivity contribution in [2.75, 3.05) is 0 Å². The summed E-state index contributed by atoms with van der Waals surface area (Å²) >= 11 is 0. The van der Waals surface area contributed by atoms with Gasteiger partial charge >= 0.3 is 0 Å². The molecule has 0 N–H and O–H groups in total. The number of rotatable bonds is 3. The molecule has 0 bridgehead atoms. The van der Waals surface area contributed by atoms with Crippen LogP contribution < -0.4 is 0 Å². The summed E-state index contributed by atoms with van der Waals surface area (Å²) in [6.45, 7) is 4.67. The van der Waals surface area contributed by atoms with Gasteiger partial charge in [-0.2, -0.15) is 0 Å². The minimum Gasteiger partial charge on any atom is -0.455 e. The summed E-state index contributed by atoms with van der Waals surface area (Å²) in [5.74, 6) is 1.96. The molecule has 226 valence electrons. The number of hydrogen-bond donors (Lipinski definition) is 0. The lowest BCUT2D eigenvalue weighted by Gasteiger charge is -2.23. The Morgan fingerprint density at radius 2 is 1.10 bits per heavy atom. The number of benzene rings is 7. The van der Waals surface area contributed by atoms with Crippen LogP contribution in [0.4, 0.5) is 0 Å². The normalized spacial score (nSPS) is 13.4. The fourth-order valence-electron chi connectivity index (χ4n) is 7.80. The highest BCUT2D eigenvalue weighted by atomic mass is 16.3. The van der Waals surface area contributed by atoms with E-state index >= 15 is 0 Å². The van der Waals surface area contributed by atoms with E-state index in [0.717, 1.165) is 44.0 Å². The predicted molar refractivity (Wildman–Crippen MR) is 196 cm³/mol. The summed E-state index contributed by atoms with van der Waals surface area (Å²) in [6, 6.07) is 48.7. The van der Waals surface area contributed by atoms with Crippen LogP contribution in [0.5, 0.6) is 0 Å². The summed E-state index contributed by atoms with van der Waals surface area (Å²) in [5, 5.41) is 7.01. The molecule has 2 heterocycles. The topological polar surface area (TPSA) is 51.8 Å². The highest BCUT2D eigenvalue weighted by Gasteiger charge is 2.40. The summed E-state index contributed by atoms with van der Waals surface area (Å²) in [6.07, 6.45) is 0. The molecule has 0 aliphatic heterocycles. The Morgan fingerprint density at radius 1 is 0.500 bits per heavy atom. The molecule has 0 saturated heterocycles. The average Bonchev–Trinajstić information content (AvgIpc) is 3.64. The van der Waals surface area contributed by atoms with Gasteiger partial charge in [0.1, 0.15) is 11.2 Å². The van der Waals surface area contributed by atoms with Crippen LogP contribution in [-0.4, -0.2) is 15.0 Å². The first kappa shape index (κ1) is 27.0. The van der Waals surface area contributed by atoms with Gasteiger partial charge in [-0.3, -0.25) is 0 Å². The third-order valence-corrected chi connectivity index (χ3v) is 10.1. The van der Waals surface area contributed by atoms with Gasteiger partial charge in [0, 0.05) is 38.3 Å². The second-order valence-electron chi connectivity index (χ2n) is 13.2. The molecule has 0 spiro atoms. The summed E-state index contributed by atoms with van der Waals surface area (Å²) in [5.41, 5.74) is 9.57. The Morgan fingerprint density at radius 3 is 1.90 bits per heavy atom. The third kappa shape index (κ3) is 3.86. The lowest BCUT2D eigenvalue weighted by Crippen LogP contribution is -2.15. The van der Waals surface area contributed by atoms with Gasteiger partial charge in [-0.25, -0.2) is 15.0 Å². The van der Waals surface area contributed by atoms with E-state index < -0.39 is 0 Å². The van der Waals surface area contributed by atoms with Gasteiger partial charge in [0.15, 0.2) is 17.5 Å². The van der Waals surface area contributed by atoms with Crippen LogP contribution in [0.3, 0.4) is 0 Å². The molecule has 1 aliphatic carbocycles. The number of hydrogen-bond acceptors (Lipinski definition) is 4.